The second-order valence-electron chi connectivity index (χ2n) is 18.2. The van der Waals surface area contributed by atoms with Gasteiger partial charge >= 0.3 is 42.0 Å². The van der Waals surface area contributed by atoms with Crippen molar-refractivity contribution in [1.82, 2.24) is 10.6 Å². The van der Waals surface area contributed by atoms with Gasteiger partial charge < -0.3 is 53.3 Å². The number of unbranched alkanes of at least 4 members (excludes halogenated alkanes) is 11. The molecule has 0 aromatic rings. The smallest absolute Gasteiger partial charge is 0.408 e. The molecule has 360 valence electrons. The second-order valence-corrected chi connectivity index (χ2v) is 18.2. The Hall–Kier alpha value is -4.19. The molecule has 0 spiro atoms. The molecule has 8 atom stereocenters. The molecule has 4 aliphatic rings. The van der Waals surface area contributed by atoms with Gasteiger partial charge in [-0.1, -0.05) is 77.6 Å². The van der Waals surface area contributed by atoms with E-state index in [0.29, 0.717) is 12.3 Å². The summed E-state index contributed by atoms with van der Waals surface area (Å²) in [6.45, 7) is 11.8. The molecule has 18 heteroatoms. The Kier molecular flexibility index (Phi) is 21.9. The van der Waals surface area contributed by atoms with Crippen molar-refractivity contribution in [3.8, 4) is 0 Å². The van der Waals surface area contributed by atoms with Crippen molar-refractivity contribution >= 4 is 42.0 Å². The van der Waals surface area contributed by atoms with Crippen LogP contribution in [0.5, 0.6) is 0 Å². The Bertz CT molecular complexity index is 1500. The van der Waals surface area contributed by atoms with Crippen molar-refractivity contribution in [2.45, 2.75) is 225 Å². The number of esters is 5. The number of amides is 2. The van der Waals surface area contributed by atoms with Crippen LogP contribution < -0.4 is 10.6 Å². The molecule has 0 radical (unpaired) electrons. The van der Waals surface area contributed by atoms with Crippen LogP contribution in [-0.4, -0.2) is 115 Å². The van der Waals surface area contributed by atoms with Crippen LogP contribution in [0.4, 0.5) is 9.59 Å². The third-order valence-electron chi connectivity index (χ3n) is 11.1. The summed E-state index contributed by atoms with van der Waals surface area (Å²) in [5.41, 5.74) is -1.27. The van der Waals surface area contributed by atoms with Crippen molar-refractivity contribution in [2.24, 2.45) is 5.92 Å². The molecule has 1 saturated heterocycles. The van der Waals surface area contributed by atoms with Crippen molar-refractivity contribution in [3.63, 3.8) is 0 Å². The Morgan fingerprint density at radius 3 is 1.63 bits per heavy atom. The number of ether oxygens (including phenoxy) is 9. The van der Waals surface area contributed by atoms with E-state index in [0.717, 1.165) is 65.7 Å². The van der Waals surface area contributed by atoms with Crippen molar-refractivity contribution in [1.29, 1.82) is 0 Å². The summed E-state index contributed by atoms with van der Waals surface area (Å²) in [6, 6.07) is -1.29. The van der Waals surface area contributed by atoms with Gasteiger partial charge in [-0.2, -0.15) is 0 Å². The van der Waals surface area contributed by atoms with Crippen LogP contribution in [0.15, 0.2) is 0 Å². The number of hydrogen-bond donors (Lipinski definition) is 2. The van der Waals surface area contributed by atoms with Crippen LogP contribution in [0.2, 0.25) is 0 Å². The molecule has 4 fully saturated rings. The topological polar surface area (TPSA) is 227 Å². The lowest BCUT2D eigenvalue weighted by molar-refractivity contribution is -0.309. The van der Waals surface area contributed by atoms with E-state index in [1.807, 2.05) is 0 Å². The fourth-order valence-corrected chi connectivity index (χ4v) is 8.34. The highest BCUT2D eigenvalue weighted by Gasteiger charge is 2.58. The second kappa shape index (κ2) is 25.9. The molecule has 2 N–H and O–H groups in total. The predicted octanol–water partition coefficient (Wildman–Crippen LogP) is 6.65. The molecule has 63 heavy (non-hydrogen) atoms. The molecule has 2 amide bonds. The summed E-state index contributed by atoms with van der Waals surface area (Å²) >= 11 is 0. The van der Waals surface area contributed by atoms with Crippen LogP contribution in [-0.2, 0) is 66.6 Å². The maximum Gasteiger partial charge on any atom is 0.408 e. The van der Waals surface area contributed by atoms with Crippen LogP contribution in [0.25, 0.3) is 0 Å². The first-order valence-corrected chi connectivity index (χ1v) is 22.8. The molecule has 3 aliphatic carbocycles. The van der Waals surface area contributed by atoms with E-state index in [-0.39, 0.29) is 12.0 Å². The first-order chi connectivity index (χ1) is 29.7. The van der Waals surface area contributed by atoms with E-state index in [2.05, 4.69) is 17.6 Å². The molecule has 1 aliphatic heterocycles. The maximum atomic E-state index is 13.4. The minimum Gasteiger partial charge on any atom is -0.459 e. The lowest BCUT2D eigenvalue weighted by atomic mass is 9.50. The zero-order valence-electron chi connectivity index (χ0n) is 39.0. The minimum atomic E-state index is -1.64. The fraction of sp³-hybridized carbons (Fsp3) is 0.844. The summed E-state index contributed by atoms with van der Waals surface area (Å²) < 4.78 is 51.8. The summed E-state index contributed by atoms with van der Waals surface area (Å²) in [5, 5.41) is 5.56. The first-order valence-electron chi connectivity index (χ1n) is 22.8. The number of nitrogens with one attached hydrogen (secondary N) is 2. The minimum absolute atomic E-state index is 0.263. The van der Waals surface area contributed by atoms with Gasteiger partial charge in [0.15, 0.2) is 30.7 Å². The molecular formula is C45H74N2O16. The highest BCUT2D eigenvalue weighted by atomic mass is 16.7. The zero-order chi connectivity index (χ0) is 46.7. The summed E-state index contributed by atoms with van der Waals surface area (Å²) in [7, 11) is 0. The monoisotopic (exact) mass is 899 g/mol. The van der Waals surface area contributed by atoms with E-state index in [9.17, 15) is 33.6 Å². The number of rotatable bonds is 27. The third-order valence-corrected chi connectivity index (χ3v) is 11.1. The van der Waals surface area contributed by atoms with Crippen LogP contribution >= 0.6 is 0 Å². The van der Waals surface area contributed by atoms with Gasteiger partial charge in [-0.05, 0) is 58.8 Å². The average molecular weight is 899 g/mol. The molecule has 18 nitrogen and oxygen atoms in total. The number of hydrogen-bond acceptors (Lipinski definition) is 16. The van der Waals surface area contributed by atoms with Crippen LogP contribution in [0, 0.1) is 5.92 Å². The number of carbonyl (C=O) groups excluding carboxylic acids is 7. The molecule has 0 unspecified atom stereocenters. The van der Waals surface area contributed by atoms with Gasteiger partial charge in [0.05, 0.1) is 12.6 Å². The third kappa shape index (κ3) is 19.2. The van der Waals surface area contributed by atoms with Gasteiger partial charge in [0.2, 0.25) is 0 Å². The largest absolute Gasteiger partial charge is 0.459 e. The Labute approximate surface area is 372 Å². The molecule has 4 rings (SSSR count). The lowest BCUT2D eigenvalue weighted by Gasteiger charge is -2.61. The van der Waals surface area contributed by atoms with Gasteiger partial charge in [-0.3, -0.25) is 24.0 Å². The van der Waals surface area contributed by atoms with E-state index >= 15 is 0 Å². The predicted molar refractivity (Wildman–Crippen MR) is 226 cm³/mol. The SMILES string of the molecule is CCCCCCCCCCCCCC[C@@H](OC(C)=O)[C@@H](OC(C)=O)[C@H](CO[C@H]1O[C@H](COC(=O)NC23CC(C2)C3)[C@H](OC(C)=O)[C@H](OC(C)=O)[C@H]1OC(C)=O)NC(=O)OC(C)(C)C. The standard InChI is InChI=1S/C45H74N2O16/c1-10-11-12-13-14-15-16-17-18-19-20-21-22-35(57-28(2)48)37(58-29(3)49)34(46-42(53)63-44(7,8)9)26-55-41-40(61-32(6)52)39(60-31(5)51)38(59-30(4)50)36(62-41)27-56-43(54)47-45-23-33(24-45)25-45/h33-41H,10-27H2,1-9H3,(H,46,53)(H,47,54)/t33?,34-,35+,36+,37-,38-,39-,40+,41-,45?/m0/s1. The molecule has 3 saturated carbocycles. The Balaban J connectivity index is 1.87. The van der Waals surface area contributed by atoms with Gasteiger partial charge in [0.1, 0.15) is 24.4 Å². The van der Waals surface area contributed by atoms with E-state index in [1.54, 1.807) is 20.8 Å². The van der Waals surface area contributed by atoms with Crippen LogP contribution in [0.1, 0.15) is 165 Å². The number of alkyl carbamates (subject to hydrolysis) is 2. The normalized spacial score (nSPS) is 25.0. The van der Waals surface area contributed by atoms with Crippen molar-refractivity contribution < 1.29 is 76.2 Å². The Morgan fingerprint density at radius 1 is 0.651 bits per heavy atom. The summed E-state index contributed by atoms with van der Waals surface area (Å²) in [6.07, 6.45) is 4.42. The molecule has 1 heterocycles. The maximum absolute atomic E-state index is 13.4. The molecule has 2 bridgehead atoms. The van der Waals surface area contributed by atoms with Gasteiger partial charge in [-0.15, -0.1) is 0 Å². The van der Waals surface area contributed by atoms with Gasteiger partial charge in [0.25, 0.3) is 0 Å². The van der Waals surface area contributed by atoms with Crippen molar-refractivity contribution in [2.75, 3.05) is 13.2 Å². The van der Waals surface area contributed by atoms with Gasteiger partial charge in [0, 0.05) is 40.2 Å². The molecule has 0 aromatic heterocycles. The lowest BCUT2D eigenvalue weighted by Crippen LogP contribution is -2.68. The Morgan fingerprint density at radius 2 is 1.16 bits per heavy atom. The van der Waals surface area contributed by atoms with E-state index in [4.69, 9.17) is 42.6 Å². The van der Waals surface area contributed by atoms with Crippen molar-refractivity contribution in [3.05, 3.63) is 0 Å². The summed E-state index contributed by atoms with van der Waals surface area (Å²) in [5.74, 6) is -3.31. The average Bonchev–Trinajstić information content (AvgIpc) is 3.13. The number of carbonyl (C=O) groups is 7. The quantitative estimate of drug-likeness (QED) is 0.0500. The van der Waals surface area contributed by atoms with Gasteiger partial charge in [-0.25, -0.2) is 9.59 Å². The molecular weight excluding hydrogens is 824 g/mol. The summed E-state index contributed by atoms with van der Waals surface area (Å²) in [4.78, 5) is 89.0. The highest BCUT2D eigenvalue weighted by molar-refractivity contribution is 5.71. The fourth-order valence-electron chi connectivity index (χ4n) is 8.34. The zero-order valence-corrected chi connectivity index (χ0v) is 39.0. The molecule has 0 aromatic carbocycles. The van der Waals surface area contributed by atoms with E-state index < -0.39 is 110 Å². The first kappa shape index (κ1) is 53.2. The van der Waals surface area contributed by atoms with Crippen LogP contribution in [0.3, 0.4) is 0 Å². The van der Waals surface area contributed by atoms with E-state index in [1.165, 1.54) is 58.8 Å². The highest BCUT2D eigenvalue weighted by Crippen LogP contribution is 2.56.